The number of nitrogens with zero attached hydrogens (tertiary/aromatic N) is 1. The smallest absolute Gasteiger partial charge is 0.306 e. The second-order valence-corrected chi connectivity index (χ2v) is 5.13. The predicted octanol–water partition coefficient (Wildman–Crippen LogP) is 1.86. The summed E-state index contributed by atoms with van der Waals surface area (Å²) in [6, 6.07) is 10.1. The highest BCUT2D eigenvalue weighted by molar-refractivity contribution is 7.80. The summed E-state index contributed by atoms with van der Waals surface area (Å²) < 4.78 is 0. The lowest BCUT2D eigenvalue weighted by atomic mass is 9.97. The van der Waals surface area contributed by atoms with Crippen molar-refractivity contribution in [1.82, 2.24) is 10.2 Å². The summed E-state index contributed by atoms with van der Waals surface area (Å²) in [6.45, 7) is 2.15. The molecule has 1 aromatic rings. The molecule has 4 nitrogen and oxygen atoms in total. The van der Waals surface area contributed by atoms with E-state index >= 15 is 0 Å². The van der Waals surface area contributed by atoms with Crippen LogP contribution in [-0.2, 0) is 11.3 Å². The molecule has 19 heavy (non-hydrogen) atoms. The molecule has 1 saturated heterocycles. The molecule has 2 N–H and O–H groups in total. The van der Waals surface area contributed by atoms with Crippen LogP contribution in [0.2, 0.25) is 0 Å². The zero-order chi connectivity index (χ0) is 13.7. The highest BCUT2D eigenvalue weighted by atomic mass is 32.1. The SMILES string of the molecule is O=C(O)C1CCN(C(=S)NCc2ccccc2)CC1. The summed E-state index contributed by atoms with van der Waals surface area (Å²) >= 11 is 5.34. The topological polar surface area (TPSA) is 52.6 Å². The van der Waals surface area contributed by atoms with Crippen LogP contribution in [0.15, 0.2) is 30.3 Å². The molecule has 0 spiro atoms. The van der Waals surface area contributed by atoms with Crippen molar-refractivity contribution in [3.05, 3.63) is 35.9 Å². The summed E-state index contributed by atoms with van der Waals surface area (Å²) in [7, 11) is 0. The molecule has 1 aliphatic heterocycles. The lowest BCUT2D eigenvalue weighted by Crippen LogP contribution is -2.45. The molecule has 0 amide bonds. The molecule has 0 unspecified atom stereocenters. The van der Waals surface area contributed by atoms with Gasteiger partial charge in [-0.2, -0.15) is 0 Å². The van der Waals surface area contributed by atoms with E-state index in [0.29, 0.717) is 24.5 Å². The van der Waals surface area contributed by atoms with E-state index in [1.807, 2.05) is 30.3 Å². The summed E-state index contributed by atoms with van der Waals surface area (Å²) in [6.07, 6.45) is 1.34. The first-order chi connectivity index (χ1) is 9.16. The van der Waals surface area contributed by atoms with Gasteiger partial charge in [0.05, 0.1) is 5.92 Å². The Hall–Kier alpha value is -1.62. The number of piperidine rings is 1. The van der Waals surface area contributed by atoms with Crippen LogP contribution in [0.5, 0.6) is 0 Å². The second kappa shape index (κ2) is 6.52. The maximum atomic E-state index is 10.9. The van der Waals surface area contributed by atoms with Crippen molar-refractivity contribution >= 4 is 23.3 Å². The van der Waals surface area contributed by atoms with Gasteiger partial charge in [0, 0.05) is 19.6 Å². The van der Waals surface area contributed by atoms with E-state index in [0.717, 1.165) is 13.1 Å². The molecular weight excluding hydrogens is 260 g/mol. The Morgan fingerprint density at radius 2 is 1.95 bits per heavy atom. The third-order valence-corrected chi connectivity index (χ3v) is 3.82. The van der Waals surface area contributed by atoms with Crippen LogP contribution in [0.1, 0.15) is 18.4 Å². The first-order valence-electron chi connectivity index (χ1n) is 6.46. The van der Waals surface area contributed by atoms with E-state index in [1.54, 1.807) is 0 Å². The van der Waals surface area contributed by atoms with E-state index in [2.05, 4.69) is 10.2 Å². The van der Waals surface area contributed by atoms with Crippen molar-refractivity contribution in [2.45, 2.75) is 19.4 Å². The Bertz CT molecular complexity index is 442. The minimum atomic E-state index is -0.692. The fraction of sp³-hybridized carbons (Fsp3) is 0.429. The molecule has 1 fully saturated rings. The first kappa shape index (κ1) is 13.8. The molecule has 0 bridgehead atoms. The number of aliphatic carboxylic acids is 1. The van der Waals surface area contributed by atoms with Crippen molar-refractivity contribution in [2.75, 3.05) is 13.1 Å². The lowest BCUT2D eigenvalue weighted by Gasteiger charge is -2.32. The summed E-state index contributed by atoms with van der Waals surface area (Å²) in [5, 5.41) is 12.9. The number of benzene rings is 1. The van der Waals surface area contributed by atoms with E-state index < -0.39 is 5.97 Å². The van der Waals surface area contributed by atoms with Gasteiger partial charge in [-0.05, 0) is 30.6 Å². The fourth-order valence-corrected chi connectivity index (χ4v) is 2.47. The normalized spacial score (nSPS) is 16.1. The second-order valence-electron chi connectivity index (χ2n) is 4.74. The van der Waals surface area contributed by atoms with Gasteiger partial charge in [-0.3, -0.25) is 4.79 Å². The van der Waals surface area contributed by atoms with Gasteiger partial charge >= 0.3 is 5.97 Å². The fourth-order valence-electron chi connectivity index (χ4n) is 2.21. The van der Waals surface area contributed by atoms with Crippen molar-refractivity contribution in [2.24, 2.45) is 5.92 Å². The van der Waals surface area contributed by atoms with Gasteiger partial charge in [-0.1, -0.05) is 30.3 Å². The van der Waals surface area contributed by atoms with Gasteiger partial charge in [0.25, 0.3) is 0 Å². The predicted molar refractivity (Wildman–Crippen MR) is 77.8 cm³/mol. The molecule has 0 aliphatic carbocycles. The minimum Gasteiger partial charge on any atom is -0.481 e. The Morgan fingerprint density at radius 3 is 2.53 bits per heavy atom. The van der Waals surface area contributed by atoms with E-state index in [4.69, 9.17) is 17.3 Å². The summed E-state index contributed by atoms with van der Waals surface area (Å²) in [5.74, 6) is -0.906. The number of rotatable bonds is 3. The molecule has 102 valence electrons. The largest absolute Gasteiger partial charge is 0.481 e. The molecule has 0 saturated carbocycles. The van der Waals surface area contributed by atoms with Crippen molar-refractivity contribution in [1.29, 1.82) is 0 Å². The Labute approximate surface area is 118 Å². The number of hydrogen-bond acceptors (Lipinski definition) is 2. The van der Waals surface area contributed by atoms with Crippen molar-refractivity contribution in [3.8, 4) is 0 Å². The Balaban J connectivity index is 1.77. The molecule has 0 atom stereocenters. The highest BCUT2D eigenvalue weighted by Gasteiger charge is 2.25. The van der Waals surface area contributed by atoms with E-state index in [-0.39, 0.29) is 5.92 Å². The van der Waals surface area contributed by atoms with E-state index in [9.17, 15) is 4.79 Å². The highest BCUT2D eigenvalue weighted by Crippen LogP contribution is 2.17. The Morgan fingerprint density at radius 1 is 1.32 bits per heavy atom. The van der Waals surface area contributed by atoms with Crippen LogP contribution in [0.4, 0.5) is 0 Å². The summed E-state index contributed by atoms with van der Waals surface area (Å²) in [5.41, 5.74) is 1.19. The third kappa shape index (κ3) is 3.92. The number of nitrogens with one attached hydrogen (secondary N) is 1. The minimum absolute atomic E-state index is 0.215. The molecule has 0 aromatic heterocycles. The molecule has 1 aliphatic rings. The number of carbonyl (C=O) groups is 1. The monoisotopic (exact) mass is 278 g/mol. The number of hydrogen-bond donors (Lipinski definition) is 2. The van der Waals surface area contributed by atoms with Crippen LogP contribution in [0, 0.1) is 5.92 Å². The molecule has 5 heteroatoms. The molecule has 1 heterocycles. The zero-order valence-electron chi connectivity index (χ0n) is 10.7. The van der Waals surface area contributed by atoms with Gasteiger partial charge in [0.2, 0.25) is 0 Å². The summed E-state index contributed by atoms with van der Waals surface area (Å²) in [4.78, 5) is 12.9. The number of carboxylic acids is 1. The van der Waals surface area contributed by atoms with Gasteiger partial charge < -0.3 is 15.3 Å². The number of carboxylic acid groups (broad SMARTS) is 1. The van der Waals surface area contributed by atoms with Gasteiger partial charge in [-0.25, -0.2) is 0 Å². The number of thiocarbonyl (C=S) groups is 1. The van der Waals surface area contributed by atoms with Gasteiger partial charge in [0.1, 0.15) is 0 Å². The molecule has 2 rings (SSSR count). The standard InChI is InChI=1S/C14H18N2O2S/c17-13(18)12-6-8-16(9-7-12)14(19)15-10-11-4-2-1-3-5-11/h1-5,12H,6-10H2,(H,15,19)(H,17,18). The van der Waals surface area contributed by atoms with Crippen LogP contribution >= 0.6 is 12.2 Å². The lowest BCUT2D eigenvalue weighted by molar-refractivity contribution is -0.143. The van der Waals surface area contributed by atoms with Gasteiger partial charge in [0.15, 0.2) is 5.11 Å². The average Bonchev–Trinajstić information content (AvgIpc) is 2.46. The zero-order valence-corrected chi connectivity index (χ0v) is 11.5. The van der Waals surface area contributed by atoms with Crippen LogP contribution in [-0.4, -0.2) is 34.2 Å². The average molecular weight is 278 g/mol. The maximum Gasteiger partial charge on any atom is 0.306 e. The molecular formula is C14H18N2O2S. The van der Waals surface area contributed by atoms with Crippen LogP contribution in [0.3, 0.4) is 0 Å². The Kier molecular flexibility index (Phi) is 4.74. The maximum absolute atomic E-state index is 10.9. The van der Waals surface area contributed by atoms with Gasteiger partial charge in [-0.15, -0.1) is 0 Å². The quantitative estimate of drug-likeness (QED) is 0.827. The molecule has 0 radical (unpaired) electrons. The third-order valence-electron chi connectivity index (χ3n) is 3.42. The number of likely N-dealkylation sites (tertiary alicyclic amines) is 1. The van der Waals surface area contributed by atoms with Crippen molar-refractivity contribution < 1.29 is 9.90 Å². The molecule has 1 aromatic carbocycles. The van der Waals surface area contributed by atoms with E-state index in [1.165, 1.54) is 5.56 Å². The van der Waals surface area contributed by atoms with Crippen molar-refractivity contribution in [3.63, 3.8) is 0 Å². The first-order valence-corrected chi connectivity index (χ1v) is 6.87. The van der Waals surface area contributed by atoms with Crippen LogP contribution < -0.4 is 5.32 Å². The van der Waals surface area contributed by atoms with Crippen LogP contribution in [0.25, 0.3) is 0 Å².